The first-order valence-corrected chi connectivity index (χ1v) is 6.68. The highest BCUT2D eigenvalue weighted by Gasteiger charge is 2.28. The Morgan fingerprint density at radius 3 is 3.11 bits per heavy atom. The number of halogens is 1. The number of carbonyl (C=O) groups excluding carboxylic acids is 1. The van der Waals surface area contributed by atoms with Gasteiger partial charge in [-0.05, 0) is 24.6 Å². The summed E-state index contributed by atoms with van der Waals surface area (Å²) in [7, 11) is 1.67. The molecule has 0 radical (unpaired) electrons. The zero-order valence-corrected chi connectivity index (χ0v) is 11.8. The van der Waals surface area contributed by atoms with Gasteiger partial charge in [0.2, 0.25) is 0 Å². The number of hydrogen-bond acceptors (Lipinski definition) is 3. The van der Waals surface area contributed by atoms with Crippen LogP contribution in [0.25, 0.3) is 0 Å². The molecule has 0 saturated carbocycles. The highest BCUT2D eigenvalue weighted by molar-refractivity contribution is 9.10. The monoisotopic (exact) mass is 313 g/mol. The van der Waals surface area contributed by atoms with Gasteiger partial charge in [0.1, 0.15) is 5.75 Å². The lowest BCUT2D eigenvalue weighted by molar-refractivity contribution is 0.0772. The molecule has 98 valence electrons. The van der Waals surface area contributed by atoms with Crippen LogP contribution in [0.4, 0.5) is 0 Å². The van der Waals surface area contributed by atoms with Crippen LogP contribution in [0.15, 0.2) is 22.7 Å². The standard InChI is InChI=1S/C13H16BrNO3/c1-18-8-9-4-5-15(7-9)13(17)11-6-10(14)2-3-12(11)16/h2-3,6,9,16H,4-5,7-8H2,1H3. The average Bonchev–Trinajstić information content (AvgIpc) is 2.80. The molecule has 1 aliphatic rings. The van der Waals surface area contributed by atoms with E-state index in [0.717, 1.165) is 17.4 Å². The summed E-state index contributed by atoms with van der Waals surface area (Å²) in [5.74, 6) is 0.305. The quantitative estimate of drug-likeness (QED) is 0.931. The second kappa shape index (κ2) is 5.71. The number of amides is 1. The van der Waals surface area contributed by atoms with Crippen LogP contribution in [0.3, 0.4) is 0 Å². The lowest BCUT2D eigenvalue weighted by Gasteiger charge is -2.17. The maximum Gasteiger partial charge on any atom is 0.257 e. The van der Waals surface area contributed by atoms with Crippen molar-refractivity contribution in [2.45, 2.75) is 6.42 Å². The Labute approximate surface area is 115 Å². The molecule has 0 aromatic heterocycles. The summed E-state index contributed by atoms with van der Waals surface area (Å²) in [5, 5.41) is 9.74. The summed E-state index contributed by atoms with van der Waals surface area (Å²) in [6.45, 7) is 2.09. The van der Waals surface area contributed by atoms with Crippen molar-refractivity contribution >= 4 is 21.8 Å². The summed E-state index contributed by atoms with van der Waals surface area (Å²) >= 11 is 3.31. The lowest BCUT2D eigenvalue weighted by atomic mass is 10.1. The van der Waals surface area contributed by atoms with Gasteiger partial charge in [-0.15, -0.1) is 0 Å². The van der Waals surface area contributed by atoms with Gasteiger partial charge in [0.05, 0.1) is 12.2 Å². The molecule has 1 fully saturated rings. The highest BCUT2D eigenvalue weighted by Crippen LogP contribution is 2.26. The third kappa shape index (κ3) is 2.84. The molecule has 0 spiro atoms. The molecule has 0 bridgehead atoms. The minimum atomic E-state index is -0.118. The Hall–Kier alpha value is -1.07. The second-order valence-electron chi connectivity index (χ2n) is 4.52. The Bertz CT molecular complexity index is 450. The molecule has 1 atom stereocenters. The molecule has 5 heteroatoms. The smallest absolute Gasteiger partial charge is 0.257 e. The van der Waals surface area contributed by atoms with Gasteiger partial charge in [-0.25, -0.2) is 0 Å². The minimum absolute atomic E-state index is 0.0263. The number of benzene rings is 1. The Morgan fingerprint density at radius 2 is 2.39 bits per heavy atom. The van der Waals surface area contributed by atoms with Gasteiger partial charge in [0, 0.05) is 30.6 Å². The van der Waals surface area contributed by atoms with Crippen LogP contribution in [0.2, 0.25) is 0 Å². The summed E-state index contributed by atoms with van der Waals surface area (Å²) < 4.78 is 5.90. The van der Waals surface area contributed by atoms with E-state index in [9.17, 15) is 9.90 Å². The van der Waals surface area contributed by atoms with E-state index in [4.69, 9.17) is 4.74 Å². The number of carbonyl (C=O) groups is 1. The third-order valence-corrected chi connectivity index (χ3v) is 3.66. The van der Waals surface area contributed by atoms with E-state index < -0.39 is 0 Å². The fraction of sp³-hybridized carbons (Fsp3) is 0.462. The summed E-state index contributed by atoms with van der Waals surface area (Å²) in [4.78, 5) is 14.0. The zero-order chi connectivity index (χ0) is 13.1. The molecule has 1 amide bonds. The number of likely N-dealkylation sites (tertiary alicyclic amines) is 1. The maximum atomic E-state index is 12.3. The van der Waals surface area contributed by atoms with E-state index in [2.05, 4.69) is 15.9 Å². The van der Waals surface area contributed by atoms with Crippen LogP contribution in [-0.4, -0.2) is 42.7 Å². The molecular formula is C13H16BrNO3. The van der Waals surface area contributed by atoms with Gasteiger partial charge in [-0.1, -0.05) is 15.9 Å². The van der Waals surface area contributed by atoms with Gasteiger partial charge < -0.3 is 14.7 Å². The van der Waals surface area contributed by atoms with Crippen molar-refractivity contribution in [2.24, 2.45) is 5.92 Å². The van der Waals surface area contributed by atoms with Crippen molar-refractivity contribution in [3.05, 3.63) is 28.2 Å². The zero-order valence-electron chi connectivity index (χ0n) is 10.2. The maximum absolute atomic E-state index is 12.3. The first-order chi connectivity index (χ1) is 8.61. The normalized spacial score (nSPS) is 19.2. The molecule has 2 rings (SSSR count). The SMILES string of the molecule is COCC1CCN(C(=O)c2cc(Br)ccc2O)C1. The summed E-state index contributed by atoms with van der Waals surface area (Å²) in [6.07, 6.45) is 0.953. The topological polar surface area (TPSA) is 49.8 Å². The number of phenolic OH excluding ortho intramolecular Hbond substituents is 1. The van der Waals surface area contributed by atoms with Crippen molar-refractivity contribution < 1.29 is 14.6 Å². The van der Waals surface area contributed by atoms with Crippen LogP contribution in [0.1, 0.15) is 16.8 Å². The van der Waals surface area contributed by atoms with Crippen molar-refractivity contribution in [1.82, 2.24) is 4.90 Å². The number of methoxy groups -OCH3 is 1. The van der Waals surface area contributed by atoms with Crippen LogP contribution in [-0.2, 0) is 4.74 Å². The summed E-state index contributed by atoms with van der Waals surface area (Å²) in [6, 6.07) is 4.89. The van der Waals surface area contributed by atoms with Gasteiger partial charge in [-0.3, -0.25) is 4.79 Å². The molecule has 1 N–H and O–H groups in total. The Morgan fingerprint density at radius 1 is 1.61 bits per heavy atom. The van der Waals surface area contributed by atoms with E-state index >= 15 is 0 Å². The van der Waals surface area contributed by atoms with Crippen molar-refractivity contribution in [3.63, 3.8) is 0 Å². The van der Waals surface area contributed by atoms with Gasteiger partial charge in [0.25, 0.3) is 5.91 Å². The largest absolute Gasteiger partial charge is 0.507 e. The lowest BCUT2D eigenvalue weighted by Crippen LogP contribution is -2.29. The van der Waals surface area contributed by atoms with E-state index in [1.54, 1.807) is 24.1 Å². The van der Waals surface area contributed by atoms with E-state index in [0.29, 0.717) is 24.6 Å². The number of hydrogen-bond donors (Lipinski definition) is 1. The number of aromatic hydroxyl groups is 1. The predicted molar refractivity (Wildman–Crippen MR) is 71.7 cm³/mol. The van der Waals surface area contributed by atoms with E-state index in [-0.39, 0.29) is 11.7 Å². The van der Waals surface area contributed by atoms with E-state index in [1.165, 1.54) is 6.07 Å². The number of ether oxygens (including phenoxy) is 1. The van der Waals surface area contributed by atoms with Crippen molar-refractivity contribution in [2.75, 3.05) is 26.8 Å². The van der Waals surface area contributed by atoms with Crippen LogP contribution in [0, 0.1) is 5.92 Å². The molecule has 4 nitrogen and oxygen atoms in total. The van der Waals surface area contributed by atoms with Crippen LogP contribution >= 0.6 is 15.9 Å². The minimum Gasteiger partial charge on any atom is -0.507 e. The van der Waals surface area contributed by atoms with Gasteiger partial charge in [-0.2, -0.15) is 0 Å². The van der Waals surface area contributed by atoms with Crippen LogP contribution < -0.4 is 0 Å². The number of nitrogens with zero attached hydrogens (tertiary/aromatic N) is 1. The fourth-order valence-electron chi connectivity index (χ4n) is 2.24. The van der Waals surface area contributed by atoms with E-state index in [1.807, 2.05) is 0 Å². The Balaban J connectivity index is 2.10. The van der Waals surface area contributed by atoms with Crippen LogP contribution in [0.5, 0.6) is 5.75 Å². The van der Waals surface area contributed by atoms with Gasteiger partial charge >= 0.3 is 0 Å². The molecule has 1 heterocycles. The molecule has 18 heavy (non-hydrogen) atoms. The molecule has 1 aromatic carbocycles. The second-order valence-corrected chi connectivity index (χ2v) is 5.44. The summed E-state index contributed by atoms with van der Waals surface area (Å²) in [5.41, 5.74) is 0.349. The fourth-order valence-corrected chi connectivity index (χ4v) is 2.60. The highest BCUT2D eigenvalue weighted by atomic mass is 79.9. The average molecular weight is 314 g/mol. The first-order valence-electron chi connectivity index (χ1n) is 5.88. The Kier molecular flexibility index (Phi) is 4.24. The molecule has 1 unspecified atom stereocenters. The molecule has 1 aliphatic heterocycles. The molecular weight excluding hydrogens is 298 g/mol. The first kappa shape index (κ1) is 13.4. The van der Waals surface area contributed by atoms with Crippen molar-refractivity contribution in [1.29, 1.82) is 0 Å². The number of phenols is 1. The predicted octanol–water partition coefficient (Wildman–Crippen LogP) is 2.26. The molecule has 1 saturated heterocycles. The number of rotatable bonds is 3. The third-order valence-electron chi connectivity index (χ3n) is 3.16. The molecule has 0 aliphatic carbocycles. The van der Waals surface area contributed by atoms with Crippen molar-refractivity contribution in [3.8, 4) is 5.75 Å². The molecule has 1 aromatic rings. The van der Waals surface area contributed by atoms with Gasteiger partial charge in [0.15, 0.2) is 0 Å².